The molecule has 0 heterocycles. The predicted molar refractivity (Wildman–Crippen MR) is 61.0 cm³/mol. The molecule has 1 rings (SSSR count). The van der Waals surface area contributed by atoms with E-state index < -0.39 is 0 Å². The fourth-order valence-corrected chi connectivity index (χ4v) is 1.66. The van der Waals surface area contributed by atoms with E-state index in [1.54, 1.807) is 0 Å². The number of halogens is 2. The highest BCUT2D eigenvalue weighted by Crippen LogP contribution is 2.16. The Labute approximate surface area is 92.8 Å². The summed E-state index contributed by atoms with van der Waals surface area (Å²) in [6, 6.07) is 5.16. The van der Waals surface area contributed by atoms with Crippen molar-refractivity contribution in [2.24, 2.45) is 0 Å². The van der Waals surface area contributed by atoms with Crippen LogP contribution in [0.25, 0.3) is 0 Å². The van der Waals surface area contributed by atoms with E-state index in [9.17, 15) is 4.39 Å². The molecule has 0 radical (unpaired) electrons. The van der Waals surface area contributed by atoms with Crippen LogP contribution in [0, 0.1) is 5.82 Å². The summed E-state index contributed by atoms with van der Waals surface area (Å²) in [6.45, 7) is 4.13. The van der Waals surface area contributed by atoms with Crippen molar-refractivity contribution < 1.29 is 4.39 Å². The molecule has 1 aromatic carbocycles. The Kier molecular flexibility index (Phi) is 5.12. The van der Waals surface area contributed by atoms with Crippen LogP contribution in [0.4, 0.5) is 4.39 Å². The highest BCUT2D eigenvalue weighted by atomic mass is 79.9. The van der Waals surface area contributed by atoms with E-state index >= 15 is 0 Å². The smallest absolute Gasteiger partial charge is 0.137 e. The van der Waals surface area contributed by atoms with Crippen LogP contribution in [-0.2, 0) is 6.42 Å². The zero-order valence-electron chi connectivity index (χ0n) is 8.32. The van der Waals surface area contributed by atoms with E-state index in [1.807, 2.05) is 12.1 Å². The van der Waals surface area contributed by atoms with Crippen molar-refractivity contribution >= 4 is 15.9 Å². The lowest BCUT2D eigenvalue weighted by atomic mass is 10.1. The first-order chi connectivity index (χ1) is 6.74. The Hall–Kier alpha value is -0.410. The molecule has 0 amide bonds. The van der Waals surface area contributed by atoms with Crippen molar-refractivity contribution in [2.75, 3.05) is 13.1 Å². The van der Waals surface area contributed by atoms with Gasteiger partial charge in [-0.15, -0.1) is 0 Å². The maximum absolute atomic E-state index is 12.9. The van der Waals surface area contributed by atoms with Gasteiger partial charge in [0, 0.05) is 0 Å². The first-order valence-corrected chi connectivity index (χ1v) is 5.68. The van der Waals surface area contributed by atoms with Crippen LogP contribution in [0.3, 0.4) is 0 Å². The molecular weight excluding hydrogens is 245 g/mol. The molecule has 1 aromatic rings. The van der Waals surface area contributed by atoms with Gasteiger partial charge in [0.05, 0.1) is 4.47 Å². The monoisotopic (exact) mass is 259 g/mol. The van der Waals surface area contributed by atoms with Crippen LogP contribution in [0.15, 0.2) is 22.7 Å². The van der Waals surface area contributed by atoms with Gasteiger partial charge in [-0.3, -0.25) is 0 Å². The second-order valence-corrected chi connectivity index (χ2v) is 4.10. The lowest BCUT2D eigenvalue weighted by Crippen LogP contribution is -2.17. The molecule has 0 aliphatic carbocycles. The molecule has 78 valence electrons. The molecule has 1 nitrogen and oxygen atoms in total. The molecule has 0 fully saturated rings. The quantitative estimate of drug-likeness (QED) is 0.802. The third kappa shape index (κ3) is 3.76. The molecule has 1 N–H and O–H groups in total. The fourth-order valence-electron chi connectivity index (χ4n) is 1.23. The van der Waals surface area contributed by atoms with Crippen LogP contribution in [0.2, 0.25) is 0 Å². The summed E-state index contributed by atoms with van der Waals surface area (Å²) in [7, 11) is 0. The van der Waals surface area contributed by atoms with Gasteiger partial charge in [0.15, 0.2) is 0 Å². The molecule has 0 saturated carbocycles. The van der Waals surface area contributed by atoms with Gasteiger partial charge in [0.1, 0.15) is 5.82 Å². The number of hydrogen-bond donors (Lipinski definition) is 1. The third-order valence-corrected chi connectivity index (χ3v) is 2.61. The minimum atomic E-state index is -0.199. The van der Waals surface area contributed by atoms with Gasteiger partial charge in [-0.1, -0.05) is 13.0 Å². The molecular formula is C11H15BrFN. The summed E-state index contributed by atoms with van der Waals surface area (Å²) in [5.41, 5.74) is 1.15. The second kappa shape index (κ2) is 6.14. The molecule has 0 aliphatic rings. The summed E-state index contributed by atoms with van der Waals surface area (Å²) < 4.78 is 13.4. The Bertz CT molecular complexity index is 289. The van der Waals surface area contributed by atoms with Crippen molar-refractivity contribution in [3.63, 3.8) is 0 Å². The Morgan fingerprint density at radius 1 is 1.36 bits per heavy atom. The summed E-state index contributed by atoms with van der Waals surface area (Å²) in [5, 5.41) is 3.31. The van der Waals surface area contributed by atoms with Crippen molar-refractivity contribution in [3.8, 4) is 0 Å². The number of rotatable bonds is 5. The van der Waals surface area contributed by atoms with Crippen LogP contribution >= 0.6 is 15.9 Å². The van der Waals surface area contributed by atoms with Crippen molar-refractivity contribution in [3.05, 3.63) is 34.1 Å². The molecule has 0 atom stereocenters. The Balaban J connectivity index is 2.39. The van der Waals surface area contributed by atoms with E-state index in [1.165, 1.54) is 6.07 Å². The third-order valence-electron chi connectivity index (χ3n) is 2.00. The molecule has 0 unspecified atom stereocenters. The van der Waals surface area contributed by atoms with Crippen LogP contribution < -0.4 is 5.32 Å². The predicted octanol–water partition coefficient (Wildman–Crippen LogP) is 3.13. The minimum absolute atomic E-state index is 0.199. The minimum Gasteiger partial charge on any atom is -0.316 e. The zero-order chi connectivity index (χ0) is 10.4. The highest BCUT2D eigenvalue weighted by Gasteiger charge is 1.99. The van der Waals surface area contributed by atoms with Gasteiger partial charge in [0.25, 0.3) is 0 Å². The highest BCUT2D eigenvalue weighted by molar-refractivity contribution is 9.10. The molecule has 14 heavy (non-hydrogen) atoms. The van der Waals surface area contributed by atoms with Crippen molar-refractivity contribution in [2.45, 2.75) is 19.8 Å². The van der Waals surface area contributed by atoms with Crippen LogP contribution in [-0.4, -0.2) is 13.1 Å². The number of nitrogens with one attached hydrogen (secondary N) is 1. The lowest BCUT2D eigenvalue weighted by molar-refractivity contribution is 0.619. The molecule has 0 saturated heterocycles. The summed E-state index contributed by atoms with van der Waals surface area (Å²) >= 11 is 3.17. The first kappa shape index (κ1) is 11.7. The van der Waals surface area contributed by atoms with Gasteiger partial charge < -0.3 is 5.32 Å². The Morgan fingerprint density at radius 3 is 2.79 bits per heavy atom. The normalized spacial score (nSPS) is 10.5. The first-order valence-electron chi connectivity index (χ1n) is 4.88. The van der Waals surface area contributed by atoms with Gasteiger partial charge in [0.2, 0.25) is 0 Å². The zero-order valence-corrected chi connectivity index (χ0v) is 9.90. The van der Waals surface area contributed by atoms with Crippen LogP contribution in [0.1, 0.15) is 18.9 Å². The van der Waals surface area contributed by atoms with Crippen LogP contribution in [0.5, 0.6) is 0 Å². The van der Waals surface area contributed by atoms with Gasteiger partial charge >= 0.3 is 0 Å². The van der Waals surface area contributed by atoms with Gasteiger partial charge in [-0.25, -0.2) is 4.39 Å². The largest absolute Gasteiger partial charge is 0.316 e. The van der Waals surface area contributed by atoms with E-state index in [0.717, 1.165) is 31.5 Å². The standard InChI is InChI=1S/C11H15BrFN/c1-2-6-14-7-5-9-3-4-11(13)10(12)8-9/h3-4,8,14H,2,5-7H2,1H3. The average molecular weight is 260 g/mol. The van der Waals surface area contributed by atoms with Gasteiger partial charge in [-0.2, -0.15) is 0 Å². The Morgan fingerprint density at radius 2 is 2.14 bits per heavy atom. The summed E-state index contributed by atoms with van der Waals surface area (Å²) in [4.78, 5) is 0. The maximum Gasteiger partial charge on any atom is 0.137 e. The molecule has 3 heteroatoms. The lowest BCUT2D eigenvalue weighted by Gasteiger charge is -2.04. The topological polar surface area (TPSA) is 12.0 Å². The molecule has 0 spiro atoms. The van der Waals surface area contributed by atoms with E-state index in [-0.39, 0.29) is 5.82 Å². The van der Waals surface area contributed by atoms with Gasteiger partial charge in [-0.05, 0) is 59.6 Å². The van der Waals surface area contributed by atoms with E-state index in [2.05, 4.69) is 28.2 Å². The summed E-state index contributed by atoms with van der Waals surface area (Å²) in [5.74, 6) is -0.199. The molecule has 0 aliphatic heterocycles. The fraction of sp³-hybridized carbons (Fsp3) is 0.455. The van der Waals surface area contributed by atoms with E-state index in [0.29, 0.717) is 4.47 Å². The number of benzene rings is 1. The number of hydrogen-bond acceptors (Lipinski definition) is 1. The average Bonchev–Trinajstić information content (AvgIpc) is 2.18. The SMILES string of the molecule is CCCNCCc1ccc(F)c(Br)c1. The molecule has 0 aromatic heterocycles. The second-order valence-electron chi connectivity index (χ2n) is 3.25. The van der Waals surface area contributed by atoms with Crippen molar-refractivity contribution in [1.29, 1.82) is 0 Å². The molecule has 0 bridgehead atoms. The van der Waals surface area contributed by atoms with Crippen molar-refractivity contribution in [1.82, 2.24) is 5.32 Å². The summed E-state index contributed by atoms with van der Waals surface area (Å²) in [6.07, 6.45) is 2.09. The van der Waals surface area contributed by atoms with E-state index in [4.69, 9.17) is 0 Å². The maximum atomic E-state index is 12.9.